The Morgan fingerprint density at radius 2 is 1.88 bits per heavy atom. The van der Waals surface area contributed by atoms with E-state index in [0.29, 0.717) is 6.42 Å². The molecule has 5 N–H and O–H groups in total. The Kier molecular flexibility index (Phi) is 6.88. The summed E-state index contributed by atoms with van der Waals surface area (Å²) in [6, 6.07) is -0.942. The van der Waals surface area contributed by atoms with Gasteiger partial charge in [-0.1, -0.05) is 20.3 Å². The third kappa shape index (κ3) is 5.86. The van der Waals surface area contributed by atoms with Gasteiger partial charge in [0.1, 0.15) is 6.04 Å². The second kappa shape index (κ2) is 7.61. The molecule has 0 aliphatic rings. The first-order valence-corrected chi connectivity index (χ1v) is 5.41. The summed E-state index contributed by atoms with van der Waals surface area (Å²) in [5.74, 6) is -2.27. The first kappa shape index (κ1) is 15.4. The Labute approximate surface area is 99.7 Å². The maximum absolute atomic E-state index is 11.4. The highest BCUT2D eigenvalue weighted by Gasteiger charge is 2.25. The fourth-order valence-electron chi connectivity index (χ4n) is 1.16. The summed E-state index contributed by atoms with van der Waals surface area (Å²) in [6.45, 7) is 3.09. The van der Waals surface area contributed by atoms with Crippen LogP contribution in [0.15, 0.2) is 0 Å². The molecule has 98 valence electrons. The molecule has 7 heteroatoms. The number of hydrogen-bond acceptors (Lipinski definition) is 4. The molecule has 0 aromatic carbocycles. The number of nitrogens with one attached hydrogen (secondary N) is 2. The van der Waals surface area contributed by atoms with Gasteiger partial charge in [-0.05, 0) is 5.92 Å². The van der Waals surface area contributed by atoms with Crippen LogP contribution < -0.4 is 16.4 Å². The van der Waals surface area contributed by atoms with Gasteiger partial charge in [-0.25, -0.2) is 4.79 Å². The summed E-state index contributed by atoms with van der Waals surface area (Å²) in [5, 5.41) is 13.5. The Morgan fingerprint density at radius 3 is 2.29 bits per heavy atom. The van der Waals surface area contributed by atoms with Crippen LogP contribution in [-0.2, 0) is 14.4 Å². The number of amides is 2. The van der Waals surface area contributed by atoms with E-state index in [4.69, 9.17) is 10.8 Å². The molecule has 0 aliphatic carbocycles. The number of carbonyl (C=O) groups excluding carboxylic acids is 2. The average Bonchev–Trinajstić information content (AvgIpc) is 2.31. The molecular formula is C10H19N3O4. The van der Waals surface area contributed by atoms with E-state index in [0.717, 1.165) is 0 Å². The molecule has 0 aliphatic heterocycles. The van der Waals surface area contributed by atoms with E-state index in [-0.39, 0.29) is 19.0 Å². The third-order valence-electron chi connectivity index (χ3n) is 2.43. The summed E-state index contributed by atoms with van der Waals surface area (Å²) in [5.41, 5.74) is 5.04. The molecule has 0 aromatic heterocycles. The van der Waals surface area contributed by atoms with Crippen LogP contribution in [0.25, 0.3) is 0 Å². The van der Waals surface area contributed by atoms with Crippen molar-refractivity contribution in [1.82, 2.24) is 10.6 Å². The van der Waals surface area contributed by atoms with Crippen molar-refractivity contribution in [3.8, 4) is 0 Å². The standard InChI is InChI=1S/C10H19N3O4/c1-3-6(2)9(10(16)17)13-8(15)5-12-7(14)4-11/h6,9H,3-5,11H2,1-2H3,(H,12,14)(H,13,15)(H,16,17). The lowest BCUT2D eigenvalue weighted by Gasteiger charge is -2.20. The minimum atomic E-state index is -1.09. The van der Waals surface area contributed by atoms with Crippen molar-refractivity contribution in [2.45, 2.75) is 26.3 Å². The van der Waals surface area contributed by atoms with Crippen LogP contribution in [0.1, 0.15) is 20.3 Å². The Bertz CT molecular complexity index is 293. The van der Waals surface area contributed by atoms with Gasteiger partial charge in [0.2, 0.25) is 11.8 Å². The number of carboxylic acids is 1. The molecule has 0 saturated heterocycles. The van der Waals surface area contributed by atoms with Gasteiger partial charge in [-0.2, -0.15) is 0 Å². The Morgan fingerprint density at radius 1 is 1.29 bits per heavy atom. The van der Waals surface area contributed by atoms with Crippen molar-refractivity contribution < 1.29 is 19.5 Å². The van der Waals surface area contributed by atoms with Gasteiger partial charge in [0.15, 0.2) is 0 Å². The van der Waals surface area contributed by atoms with Crippen molar-refractivity contribution in [2.75, 3.05) is 13.1 Å². The molecule has 0 aromatic rings. The normalized spacial score (nSPS) is 13.6. The van der Waals surface area contributed by atoms with Crippen molar-refractivity contribution in [1.29, 1.82) is 0 Å². The molecule has 0 bridgehead atoms. The van der Waals surface area contributed by atoms with E-state index in [1.165, 1.54) is 0 Å². The molecule has 2 unspecified atom stereocenters. The number of nitrogens with two attached hydrogens (primary N) is 1. The van der Waals surface area contributed by atoms with E-state index in [9.17, 15) is 14.4 Å². The zero-order valence-corrected chi connectivity index (χ0v) is 10.0. The van der Waals surface area contributed by atoms with Gasteiger partial charge in [-0.15, -0.1) is 0 Å². The maximum Gasteiger partial charge on any atom is 0.326 e. The van der Waals surface area contributed by atoms with Crippen LogP contribution in [0.5, 0.6) is 0 Å². The van der Waals surface area contributed by atoms with Gasteiger partial charge in [0, 0.05) is 0 Å². The van der Waals surface area contributed by atoms with Crippen LogP contribution in [0, 0.1) is 5.92 Å². The highest BCUT2D eigenvalue weighted by atomic mass is 16.4. The molecule has 0 radical (unpaired) electrons. The molecule has 0 heterocycles. The topological polar surface area (TPSA) is 122 Å². The summed E-state index contributed by atoms with van der Waals surface area (Å²) in [4.78, 5) is 33.1. The molecule has 0 saturated carbocycles. The molecule has 2 amide bonds. The lowest BCUT2D eigenvalue weighted by Crippen LogP contribution is -2.49. The molecule has 17 heavy (non-hydrogen) atoms. The summed E-state index contributed by atoms with van der Waals surface area (Å²) < 4.78 is 0. The van der Waals surface area contributed by atoms with Crippen molar-refractivity contribution in [2.24, 2.45) is 11.7 Å². The fourth-order valence-corrected chi connectivity index (χ4v) is 1.16. The van der Waals surface area contributed by atoms with Gasteiger partial charge in [-0.3, -0.25) is 9.59 Å². The van der Waals surface area contributed by atoms with Crippen molar-refractivity contribution in [3.05, 3.63) is 0 Å². The largest absolute Gasteiger partial charge is 0.480 e. The number of aliphatic carboxylic acids is 1. The highest BCUT2D eigenvalue weighted by molar-refractivity contribution is 5.88. The zero-order chi connectivity index (χ0) is 13.4. The zero-order valence-electron chi connectivity index (χ0n) is 10.0. The fraction of sp³-hybridized carbons (Fsp3) is 0.700. The average molecular weight is 245 g/mol. The van der Waals surface area contributed by atoms with Crippen LogP contribution in [0.4, 0.5) is 0 Å². The van der Waals surface area contributed by atoms with Crippen LogP contribution in [0.3, 0.4) is 0 Å². The van der Waals surface area contributed by atoms with E-state index in [2.05, 4.69) is 10.6 Å². The molecule has 2 atom stereocenters. The summed E-state index contributed by atoms with van der Waals surface area (Å²) >= 11 is 0. The maximum atomic E-state index is 11.4. The lowest BCUT2D eigenvalue weighted by atomic mass is 9.99. The van der Waals surface area contributed by atoms with E-state index >= 15 is 0 Å². The Balaban J connectivity index is 4.22. The third-order valence-corrected chi connectivity index (χ3v) is 2.43. The van der Waals surface area contributed by atoms with E-state index in [1.54, 1.807) is 6.92 Å². The number of carboxylic acid groups (broad SMARTS) is 1. The molecule has 0 fully saturated rings. The van der Waals surface area contributed by atoms with Gasteiger partial charge in [0.25, 0.3) is 0 Å². The minimum absolute atomic E-state index is 0.179. The molecule has 0 spiro atoms. The Hall–Kier alpha value is -1.63. The monoisotopic (exact) mass is 245 g/mol. The SMILES string of the molecule is CCC(C)C(NC(=O)CNC(=O)CN)C(=O)O. The van der Waals surface area contributed by atoms with E-state index < -0.39 is 23.8 Å². The van der Waals surface area contributed by atoms with Crippen LogP contribution in [-0.4, -0.2) is 42.0 Å². The van der Waals surface area contributed by atoms with Gasteiger partial charge >= 0.3 is 5.97 Å². The lowest BCUT2D eigenvalue weighted by molar-refractivity contribution is -0.143. The second-order valence-electron chi connectivity index (χ2n) is 3.75. The van der Waals surface area contributed by atoms with Gasteiger partial charge in [0.05, 0.1) is 13.1 Å². The smallest absolute Gasteiger partial charge is 0.326 e. The number of rotatable bonds is 7. The number of carbonyl (C=O) groups is 3. The first-order valence-electron chi connectivity index (χ1n) is 5.41. The summed E-state index contributed by atoms with van der Waals surface area (Å²) in [7, 11) is 0. The number of hydrogen-bond donors (Lipinski definition) is 4. The van der Waals surface area contributed by atoms with Crippen LogP contribution >= 0.6 is 0 Å². The predicted octanol–water partition coefficient (Wildman–Crippen LogP) is -1.32. The van der Waals surface area contributed by atoms with Crippen LogP contribution in [0.2, 0.25) is 0 Å². The van der Waals surface area contributed by atoms with E-state index in [1.807, 2.05) is 6.92 Å². The first-order chi connectivity index (χ1) is 7.92. The summed E-state index contributed by atoms with van der Waals surface area (Å²) in [6.07, 6.45) is 0.631. The second-order valence-corrected chi connectivity index (χ2v) is 3.75. The highest BCUT2D eigenvalue weighted by Crippen LogP contribution is 2.07. The quantitative estimate of drug-likeness (QED) is 0.443. The van der Waals surface area contributed by atoms with Gasteiger partial charge < -0.3 is 21.5 Å². The minimum Gasteiger partial charge on any atom is -0.480 e. The molecule has 7 nitrogen and oxygen atoms in total. The van der Waals surface area contributed by atoms with Crippen molar-refractivity contribution >= 4 is 17.8 Å². The predicted molar refractivity (Wildman–Crippen MR) is 61.1 cm³/mol. The van der Waals surface area contributed by atoms with Crippen molar-refractivity contribution in [3.63, 3.8) is 0 Å². The molecule has 0 rings (SSSR count). The molecular weight excluding hydrogens is 226 g/mol.